The van der Waals surface area contributed by atoms with Crippen molar-refractivity contribution in [2.75, 3.05) is 0 Å². The molecule has 0 radical (unpaired) electrons. The fourth-order valence-corrected chi connectivity index (χ4v) is 7.81. The van der Waals surface area contributed by atoms with E-state index in [9.17, 15) is 9.90 Å². The van der Waals surface area contributed by atoms with E-state index in [1.54, 1.807) is 0 Å². The molecule has 1 N–H and O–H groups in total. The number of esters is 1. The van der Waals surface area contributed by atoms with Crippen molar-refractivity contribution in [3.05, 3.63) is 12.7 Å². The second-order valence-corrected chi connectivity index (χ2v) is 13.2. The van der Waals surface area contributed by atoms with Crippen LogP contribution >= 0.6 is 0 Å². The first-order valence-corrected chi connectivity index (χ1v) is 15.6. The highest BCUT2D eigenvalue weighted by Crippen LogP contribution is 2.60. The van der Waals surface area contributed by atoms with Gasteiger partial charge in [0.15, 0.2) is 18.2 Å². The van der Waals surface area contributed by atoms with Crippen LogP contribution in [0.3, 0.4) is 0 Å². The van der Waals surface area contributed by atoms with E-state index in [0.717, 1.165) is 51.4 Å². The Balaban J connectivity index is 1.17. The van der Waals surface area contributed by atoms with Gasteiger partial charge < -0.3 is 28.8 Å². The standard InChI is InChI=1S/C31H50O9/c1-7-8-9-10-11-19(3)34-28-24(32)16-26(21(5)35-28)36-27(33)17-25-20(4)23-13-12-18(2)22-14-15-30(6)38-29(37-25)31(22,23)40-39-30/h7,18-26,28-29,32H,1,8-17H2,2-6H3/t18-,19-,20-,21+,22+,23+,24-,25-,26-,28-,29-,30+,31-/m1/s1. The van der Waals surface area contributed by atoms with Gasteiger partial charge in [0.25, 0.3) is 0 Å². The molecule has 1 spiro atoms. The van der Waals surface area contributed by atoms with E-state index in [1.165, 1.54) is 0 Å². The molecule has 0 amide bonds. The van der Waals surface area contributed by atoms with Crippen LogP contribution in [-0.4, -0.2) is 65.6 Å². The summed E-state index contributed by atoms with van der Waals surface area (Å²) in [5, 5.41) is 10.7. The predicted molar refractivity (Wildman–Crippen MR) is 145 cm³/mol. The molecular formula is C31H50O9. The number of unbranched alkanes of at least 4 members (excludes halogenated alkanes) is 2. The zero-order chi connectivity index (χ0) is 28.7. The highest BCUT2D eigenvalue weighted by Gasteiger charge is 2.69. The van der Waals surface area contributed by atoms with Gasteiger partial charge >= 0.3 is 5.97 Å². The van der Waals surface area contributed by atoms with Crippen molar-refractivity contribution < 1.29 is 43.4 Å². The molecule has 0 aromatic carbocycles. The minimum atomic E-state index is -0.872. The SMILES string of the molecule is C=CCCCC[C@@H](C)O[C@@H]1O[C@@H](C)[C@H](OC(=O)C[C@H]2O[C@@H]3O[C@]4(C)CC[C@H]5[C@H](C)CC[C@@H]([C@H]2C)[C@@]35OO4)C[C@H]1O. The highest BCUT2D eigenvalue weighted by atomic mass is 17.3. The lowest BCUT2D eigenvalue weighted by Crippen LogP contribution is -2.70. The van der Waals surface area contributed by atoms with E-state index in [4.69, 9.17) is 33.5 Å². The molecule has 40 heavy (non-hydrogen) atoms. The van der Waals surface area contributed by atoms with Crippen molar-refractivity contribution in [2.45, 2.75) is 153 Å². The van der Waals surface area contributed by atoms with Crippen molar-refractivity contribution in [3.8, 4) is 0 Å². The normalized spacial score (nSPS) is 47.1. The second-order valence-electron chi connectivity index (χ2n) is 13.2. The molecule has 9 nitrogen and oxygen atoms in total. The van der Waals surface area contributed by atoms with Gasteiger partial charge in [0.1, 0.15) is 12.2 Å². The van der Waals surface area contributed by atoms with Crippen LogP contribution in [0, 0.1) is 23.7 Å². The van der Waals surface area contributed by atoms with Gasteiger partial charge in [0, 0.05) is 18.8 Å². The smallest absolute Gasteiger partial charge is 0.308 e. The van der Waals surface area contributed by atoms with E-state index in [-0.39, 0.29) is 48.8 Å². The third-order valence-electron chi connectivity index (χ3n) is 10.2. The van der Waals surface area contributed by atoms with E-state index in [2.05, 4.69) is 20.4 Å². The van der Waals surface area contributed by atoms with Crippen LogP contribution in [0.15, 0.2) is 12.7 Å². The average molecular weight is 567 g/mol. The van der Waals surface area contributed by atoms with Crippen molar-refractivity contribution in [1.29, 1.82) is 0 Å². The molecule has 228 valence electrons. The van der Waals surface area contributed by atoms with Crippen LogP contribution in [0.25, 0.3) is 0 Å². The topological polar surface area (TPSA) is 102 Å². The maximum absolute atomic E-state index is 13.2. The molecule has 0 aromatic heterocycles. The summed E-state index contributed by atoms with van der Waals surface area (Å²) in [5.74, 6) is -0.235. The molecule has 6 rings (SSSR count). The summed E-state index contributed by atoms with van der Waals surface area (Å²) < 4.78 is 30.8. The Morgan fingerprint density at radius 2 is 1.93 bits per heavy atom. The van der Waals surface area contributed by atoms with Crippen LogP contribution < -0.4 is 0 Å². The van der Waals surface area contributed by atoms with E-state index in [1.807, 2.05) is 26.8 Å². The van der Waals surface area contributed by atoms with Crippen LogP contribution in [0.4, 0.5) is 0 Å². The number of hydrogen-bond acceptors (Lipinski definition) is 9. The first-order chi connectivity index (χ1) is 19.1. The zero-order valence-corrected chi connectivity index (χ0v) is 24.9. The highest BCUT2D eigenvalue weighted by molar-refractivity contribution is 5.70. The summed E-state index contributed by atoms with van der Waals surface area (Å²) in [4.78, 5) is 25.3. The number of ether oxygens (including phenoxy) is 5. The Morgan fingerprint density at radius 3 is 2.70 bits per heavy atom. The quantitative estimate of drug-likeness (QED) is 0.166. The largest absolute Gasteiger partial charge is 0.459 e. The van der Waals surface area contributed by atoms with E-state index in [0.29, 0.717) is 5.92 Å². The van der Waals surface area contributed by atoms with Crippen LogP contribution in [0.5, 0.6) is 0 Å². The molecule has 1 aliphatic carbocycles. The molecule has 6 fully saturated rings. The third-order valence-corrected chi connectivity index (χ3v) is 10.2. The number of allylic oxidation sites excluding steroid dienone is 1. The van der Waals surface area contributed by atoms with Gasteiger partial charge in [-0.2, -0.15) is 0 Å². The van der Waals surface area contributed by atoms with Crippen molar-refractivity contribution in [3.63, 3.8) is 0 Å². The molecule has 2 bridgehead atoms. The van der Waals surface area contributed by atoms with Crippen molar-refractivity contribution in [1.82, 2.24) is 0 Å². The lowest BCUT2D eigenvalue weighted by Gasteiger charge is -2.60. The maximum Gasteiger partial charge on any atom is 0.308 e. The summed E-state index contributed by atoms with van der Waals surface area (Å²) >= 11 is 0. The second kappa shape index (κ2) is 12.3. The Labute approximate surface area is 239 Å². The van der Waals surface area contributed by atoms with Gasteiger partial charge in [-0.05, 0) is 77.0 Å². The molecule has 0 aromatic rings. The minimum Gasteiger partial charge on any atom is -0.459 e. The molecule has 9 heteroatoms. The average Bonchev–Trinajstić information content (AvgIpc) is 3.13. The summed E-state index contributed by atoms with van der Waals surface area (Å²) in [7, 11) is 0. The van der Waals surface area contributed by atoms with Crippen molar-refractivity contribution in [2.24, 2.45) is 23.7 Å². The molecule has 6 aliphatic rings. The number of aliphatic hydroxyl groups is 1. The first-order valence-electron chi connectivity index (χ1n) is 15.6. The fraction of sp³-hybridized carbons (Fsp3) is 0.903. The minimum absolute atomic E-state index is 0.0375. The van der Waals surface area contributed by atoms with Crippen LogP contribution in [-0.2, 0) is 38.3 Å². The molecule has 5 aliphatic heterocycles. The van der Waals surface area contributed by atoms with Gasteiger partial charge in [0.2, 0.25) is 5.79 Å². The summed E-state index contributed by atoms with van der Waals surface area (Å²) in [5.41, 5.74) is -0.652. The Morgan fingerprint density at radius 1 is 1.12 bits per heavy atom. The number of rotatable bonds is 10. The first kappa shape index (κ1) is 30.4. The molecular weight excluding hydrogens is 516 g/mol. The van der Waals surface area contributed by atoms with Gasteiger partial charge in [0.05, 0.1) is 24.7 Å². The van der Waals surface area contributed by atoms with E-state index >= 15 is 0 Å². The van der Waals surface area contributed by atoms with Crippen LogP contribution in [0.2, 0.25) is 0 Å². The van der Waals surface area contributed by atoms with Gasteiger partial charge in [-0.25, -0.2) is 9.78 Å². The number of carbonyl (C=O) groups excluding carboxylic acids is 1. The molecule has 0 unspecified atom stereocenters. The predicted octanol–water partition coefficient (Wildman–Crippen LogP) is 5.19. The molecule has 5 saturated heterocycles. The summed E-state index contributed by atoms with van der Waals surface area (Å²) in [6.07, 6.45) is 6.50. The van der Waals surface area contributed by atoms with E-state index < -0.39 is 42.3 Å². The summed E-state index contributed by atoms with van der Waals surface area (Å²) in [6.45, 7) is 13.9. The third kappa shape index (κ3) is 5.90. The number of hydrogen-bond donors (Lipinski definition) is 1. The number of carbonyl (C=O) groups is 1. The maximum atomic E-state index is 13.2. The van der Waals surface area contributed by atoms with Crippen LogP contribution in [0.1, 0.15) is 98.8 Å². The van der Waals surface area contributed by atoms with Gasteiger partial charge in [-0.15, -0.1) is 6.58 Å². The fourth-order valence-electron chi connectivity index (χ4n) is 7.81. The number of aliphatic hydroxyl groups excluding tert-OH is 1. The molecule has 13 atom stereocenters. The number of fused-ring (bicyclic) bond motifs is 2. The zero-order valence-electron chi connectivity index (χ0n) is 24.9. The molecule has 1 saturated carbocycles. The molecule has 5 heterocycles. The van der Waals surface area contributed by atoms with Gasteiger partial charge in [-0.1, -0.05) is 26.3 Å². The Bertz CT molecular complexity index is 898. The Kier molecular flexibility index (Phi) is 9.32. The Hall–Kier alpha value is -1.07. The van der Waals surface area contributed by atoms with Crippen molar-refractivity contribution >= 4 is 5.97 Å². The lowest BCUT2D eigenvalue weighted by molar-refractivity contribution is -0.571. The summed E-state index contributed by atoms with van der Waals surface area (Å²) in [6, 6.07) is 0. The lowest BCUT2D eigenvalue weighted by atomic mass is 9.57. The van der Waals surface area contributed by atoms with Gasteiger partial charge in [-0.3, -0.25) is 4.79 Å². The monoisotopic (exact) mass is 566 g/mol.